The maximum absolute atomic E-state index is 12.5. The number of ether oxygens (including phenoxy) is 2. The van der Waals surface area contributed by atoms with Crippen LogP contribution in [0.5, 0.6) is 11.5 Å². The zero-order valence-electron chi connectivity index (χ0n) is 14.6. The molecule has 0 spiro atoms. The summed E-state index contributed by atoms with van der Waals surface area (Å²) in [4.78, 5) is 35.1. The Hall–Kier alpha value is -3.36. The summed E-state index contributed by atoms with van der Waals surface area (Å²) in [5, 5.41) is 3.13. The Morgan fingerprint density at radius 3 is 2.52 bits per heavy atom. The molecule has 1 aromatic carbocycles. The van der Waals surface area contributed by atoms with E-state index >= 15 is 0 Å². The SMILES string of the molecule is O=CN1CCN(C(=O)c2cnc(Nc3ccc4c(c3)OCCO4)cn2)CC1. The number of benzene rings is 1. The van der Waals surface area contributed by atoms with Crippen molar-refractivity contribution in [3.05, 3.63) is 36.3 Å². The van der Waals surface area contributed by atoms with Gasteiger partial charge in [0.15, 0.2) is 11.5 Å². The highest BCUT2D eigenvalue weighted by molar-refractivity contribution is 5.92. The Labute approximate surface area is 155 Å². The van der Waals surface area contributed by atoms with Crippen LogP contribution in [0.4, 0.5) is 11.5 Å². The van der Waals surface area contributed by atoms with Crippen LogP contribution in [0.2, 0.25) is 0 Å². The van der Waals surface area contributed by atoms with E-state index in [1.165, 1.54) is 12.4 Å². The van der Waals surface area contributed by atoms with Crippen molar-refractivity contribution in [3.8, 4) is 11.5 Å². The van der Waals surface area contributed by atoms with Gasteiger partial charge < -0.3 is 24.6 Å². The first kappa shape index (κ1) is 17.1. The highest BCUT2D eigenvalue weighted by atomic mass is 16.6. The molecule has 0 bridgehead atoms. The number of fused-ring (bicyclic) bond motifs is 1. The highest BCUT2D eigenvalue weighted by Crippen LogP contribution is 2.33. The quantitative estimate of drug-likeness (QED) is 0.800. The second-order valence-electron chi connectivity index (χ2n) is 6.20. The fourth-order valence-electron chi connectivity index (χ4n) is 2.96. The summed E-state index contributed by atoms with van der Waals surface area (Å²) >= 11 is 0. The highest BCUT2D eigenvalue weighted by Gasteiger charge is 2.22. The van der Waals surface area contributed by atoms with Gasteiger partial charge in [0, 0.05) is 37.9 Å². The molecule has 0 unspecified atom stereocenters. The fraction of sp³-hybridized carbons (Fsp3) is 0.333. The van der Waals surface area contributed by atoms with Crippen LogP contribution < -0.4 is 14.8 Å². The van der Waals surface area contributed by atoms with Crippen molar-refractivity contribution in [1.82, 2.24) is 19.8 Å². The first-order valence-electron chi connectivity index (χ1n) is 8.70. The Morgan fingerprint density at radius 1 is 1.04 bits per heavy atom. The Kier molecular flexibility index (Phi) is 4.73. The molecule has 0 saturated carbocycles. The molecule has 9 heteroatoms. The van der Waals surface area contributed by atoms with Gasteiger partial charge in [0.1, 0.15) is 24.7 Å². The maximum Gasteiger partial charge on any atom is 0.274 e. The molecule has 2 aliphatic rings. The van der Waals surface area contributed by atoms with Crippen molar-refractivity contribution in [2.75, 3.05) is 44.7 Å². The first-order chi connectivity index (χ1) is 13.2. The van der Waals surface area contributed by atoms with E-state index in [-0.39, 0.29) is 11.6 Å². The van der Waals surface area contributed by atoms with E-state index in [0.29, 0.717) is 56.7 Å². The molecule has 3 heterocycles. The number of hydrogen-bond acceptors (Lipinski definition) is 7. The largest absolute Gasteiger partial charge is 0.486 e. The van der Waals surface area contributed by atoms with Gasteiger partial charge in [-0.15, -0.1) is 0 Å². The number of piperazine rings is 1. The zero-order valence-corrected chi connectivity index (χ0v) is 14.6. The lowest BCUT2D eigenvalue weighted by molar-refractivity contribution is -0.119. The standard InChI is InChI=1S/C18H19N5O4/c24-12-22-3-5-23(6-4-22)18(25)14-10-20-17(11-19-14)21-13-1-2-15-16(9-13)27-8-7-26-15/h1-2,9-12H,3-8H2,(H,20,21). The Bertz CT molecular complexity index is 834. The van der Waals surface area contributed by atoms with Gasteiger partial charge in [-0.25, -0.2) is 9.97 Å². The van der Waals surface area contributed by atoms with Crippen LogP contribution in [0.1, 0.15) is 10.5 Å². The van der Waals surface area contributed by atoms with E-state index in [1.54, 1.807) is 9.80 Å². The molecular formula is C18H19N5O4. The van der Waals surface area contributed by atoms with Gasteiger partial charge >= 0.3 is 0 Å². The first-order valence-corrected chi connectivity index (χ1v) is 8.70. The number of rotatable bonds is 4. The van der Waals surface area contributed by atoms with Gasteiger partial charge in [-0.3, -0.25) is 9.59 Å². The summed E-state index contributed by atoms with van der Waals surface area (Å²) in [6.07, 6.45) is 3.78. The average molecular weight is 369 g/mol. The minimum absolute atomic E-state index is 0.182. The molecule has 0 atom stereocenters. The molecular weight excluding hydrogens is 350 g/mol. The Morgan fingerprint density at radius 2 is 1.81 bits per heavy atom. The van der Waals surface area contributed by atoms with Crippen molar-refractivity contribution in [1.29, 1.82) is 0 Å². The van der Waals surface area contributed by atoms with Crippen molar-refractivity contribution < 1.29 is 19.1 Å². The van der Waals surface area contributed by atoms with Crippen LogP contribution in [-0.2, 0) is 4.79 Å². The maximum atomic E-state index is 12.5. The van der Waals surface area contributed by atoms with E-state index in [9.17, 15) is 9.59 Å². The van der Waals surface area contributed by atoms with Crippen LogP contribution in [0.25, 0.3) is 0 Å². The van der Waals surface area contributed by atoms with E-state index in [4.69, 9.17) is 9.47 Å². The number of anilines is 2. The van der Waals surface area contributed by atoms with E-state index in [2.05, 4.69) is 15.3 Å². The molecule has 140 valence electrons. The number of carbonyl (C=O) groups is 2. The number of hydrogen-bond donors (Lipinski definition) is 1. The smallest absolute Gasteiger partial charge is 0.274 e. The molecule has 1 N–H and O–H groups in total. The summed E-state index contributed by atoms with van der Waals surface area (Å²) in [6.45, 7) is 3.13. The predicted molar refractivity (Wildman–Crippen MR) is 96.3 cm³/mol. The van der Waals surface area contributed by atoms with Gasteiger partial charge in [0.25, 0.3) is 5.91 Å². The third-order valence-electron chi connectivity index (χ3n) is 4.44. The molecule has 9 nitrogen and oxygen atoms in total. The molecule has 27 heavy (non-hydrogen) atoms. The minimum Gasteiger partial charge on any atom is -0.486 e. The molecule has 1 aromatic heterocycles. The number of aromatic nitrogens is 2. The van der Waals surface area contributed by atoms with Gasteiger partial charge in [0.2, 0.25) is 6.41 Å². The lowest BCUT2D eigenvalue weighted by atomic mass is 10.2. The van der Waals surface area contributed by atoms with E-state index < -0.39 is 0 Å². The van der Waals surface area contributed by atoms with Gasteiger partial charge in [-0.05, 0) is 12.1 Å². The molecule has 0 radical (unpaired) electrons. The van der Waals surface area contributed by atoms with Gasteiger partial charge in [-0.2, -0.15) is 0 Å². The van der Waals surface area contributed by atoms with E-state index in [1.807, 2.05) is 18.2 Å². The van der Waals surface area contributed by atoms with Gasteiger partial charge in [-0.1, -0.05) is 0 Å². The average Bonchev–Trinajstić information content (AvgIpc) is 2.74. The fourth-order valence-corrected chi connectivity index (χ4v) is 2.96. The molecule has 2 aromatic rings. The zero-order chi connectivity index (χ0) is 18.6. The summed E-state index contributed by atoms with van der Waals surface area (Å²) < 4.78 is 11.1. The lowest BCUT2D eigenvalue weighted by Crippen LogP contribution is -2.48. The summed E-state index contributed by atoms with van der Waals surface area (Å²) in [5.74, 6) is 1.74. The lowest BCUT2D eigenvalue weighted by Gasteiger charge is -2.32. The van der Waals surface area contributed by atoms with Crippen LogP contribution in [0.15, 0.2) is 30.6 Å². The van der Waals surface area contributed by atoms with Crippen LogP contribution >= 0.6 is 0 Å². The third-order valence-corrected chi connectivity index (χ3v) is 4.44. The molecule has 1 fully saturated rings. The molecule has 1 saturated heterocycles. The van der Waals surface area contributed by atoms with Crippen molar-refractivity contribution >= 4 is 23.8 Å². The predicted octanol–water partition coefficient (Wildman–Crippen LogP) is 0.906. The minimum atomic E-state index is -0.182. The van der Waals surface area contributed by atoms with Crippen molar-refractivity contribution in [2.24, 2.45) is 0 Å². The number of carbonyl (C=O) groups excluding carboxylic acids is 2. The number of nitrogens with one attached hydrogen (secondary N) is 1. The number of amides is 2. The molecule has 0 aliphatic carbocycles. The van der Waals surface area contributed by atoms with Crippen LogP contribution in [0.3, 0.4) is 0 Å². The topological polar surface area (TPSA) is 96.9 Å². The van der Waals surface area contributed by atoms with Crippen LogP contribution in [0, 0.1) is 0 Å². The molecule has 4 rings (SSSR count). The van der Waals surface area contributed by atoms with Crippen LogP contribution in [-0.4, -0.2) is 71.5 Å². The second-order valence-corrected chi connectivity index (χ2v) is 6.20. The summed E-state index contributed by atoms with van der Waals surface area (Å²) in [7, 11) is 0. The molecule has 2 amide bonds. The monoisotopic (exact) mass is 369 g/mol. The van der Waals surface area contributed by atoms with E-state index in [0.717, 1.165) is 12.1 Å². The summed E-state index contributed by atoms with van der Waals surface area (Å²) in [5.41, 5.74) is 1.07. The third kappa shape index (κ3) is 3.76. The van der Waals surface area contributed by atoms with Gasteiger partial charge in [0.05, 0.1) is 12.4 Å². The molecule has 2 aliphatic heterocycles. The Balaban J connectivity index is 1.40. The van der Waals surface area contributed by atoms with Crippen molar-refractivity contribution in [3.63, 3.8) is 0 Å². The second kappa shape index (κ2) is 7.48. The number of nitrogens with zero attached hydrogens (tertiary/aromatic N) is 4. The van der Waals surface area contributed by atoms with Crippen molar-refractivity contribution in [2.45, 2.75) is 0 Å². The summed E-state index contributed by atoms with van der Waals surface area (Å²) in [6, 6.07) is 5.53. The normalized spacial score (nSPS) is 16.0.